The van der Waals surface area contributed by atoms with Crippen LogP contribution in [0.3, 0.4) is 0 Å². The Hall–Kier alpha value is -4.06. The highest BCUT2D eigenvalue weighted by molar-refractivity contribution is 14.1. The van der Waals surface area contributed by atoms with Crippen LogP contribution in [-0.2, 0) is 0 Å². The number of benzene rings is 3. The second kappa shape index (κ2) is 11.4. The third-order valence-corrected chi connectivity index (χ3v) is 7.12. The van der Waals surface area contributed by atoms with E-state index in [1.165, 1.54) is 6.07 Å². The molecular weight excluding hydrogens is 610 g/mol. The van der Waals surface area contributed by atoms with Gasteiger partial charge in [-0.25, -0.2) is 9.37 Å². The van der Waals surface area contributed by atoms with E-state index in [0.717, 1.165) is 27.5 Å². The Kier molecular flexibility index (Phi) is 7.73. The maximum atomic E-state index is 15.2. The molecule has 1 aromatic heterocycles. The number of nitrogens with zero attached hydrogens (tertiary/aromatic N) is 2. The first-order valence-electron chi connectivity index (χ1n) is 12.4. The SMILES string of the molecule is CNC(=O)c1ccc(-c2cc(F)c(Nc3ncc(I)c(Nc4ccccc4C(=O)NC4CC4)n3)cc2C)cc1. The summed E-state index contributed by atoms with van der Waals surface area (Å²) < 4.78 is 15.9. The van der Waals surface area contributed by atoms with Gasteiger partial charge in [0.1, 0.15) is 11.6 Å². The smallest absolute Gasteiger partial charge is 0.253 e. The number of hydrogen-bond acceptors (Lipinski definition) is 6. The van der Waals surface area contributed by atoms with Gasteiger partial charge in [-0.05, 0) is 95.4 Å². The zero-order valence-corrected chi connectivity index (χ0v) is 23.5. The number of hydrogen-bond donors (Lipinski definition) is 4. The Morgan fingerprint density at radius 2 is 1.72 bits per heavy atom. The number of halogens is 2. The molecule has 1 heterocycles. The molecule has 1 aliphatic carbocycles. The summed E-state index contributed by atoms with van der Waals surface area (Å²) in [5.41, 5.74) is 4.26. The fourth-order valence-electron chi connectivity index (χ4n) is 4.08. The van der Waals surface area contributed by atoms with Crippen LogP contribution in [0.15, 0.2) is 66.9 Å². The summed E-state index contributed by atoms with van der Waals surface area (Å²) in [6.07, 6.45) is 3.63. The van der Waals surface area contributed by atoms with Gasteiger partial charge in [-0.2, -0.15) is 4.98 Å². The van der Waals surface area contributed by atoms with Crippen molar-refractivity contribution in [2.45, 2.75) is 25.8 Å². The van der Waals surface area contributed by atoms with Crippen molar-refractivity contribution >= 4 is 57.5 Å². The molecule has 8 nitrogen and oxygen atoms in total. The van der Waals surface area contributed by atoms with E-state index in [1.807, 2.05) is 25.1 Å². The lowest BCUT2D eigenvalue weighted by Gasteiger charge is -2.15. The third kappa shape index (κ3) is 6.17. The minimum atomic E-state index is -0.468. The monoisotopic (exact) mass is 636 g/mol. The van der Waals surface area contributed by atoms with E-state index < -0.39 is 5.82 Å². The maximum Gasteiger partial charge on any atom is 0.253 e. The number of amides is 2. The molecule has 39 heavy (non-hydrogen) atoms. The van der Waals surface area contributed by atoms with Gasteiger partial charge < -0.3 is 21.3 Å². The molecule has 4 aromatic rings. The molecule has 198 valence electrons. The van der Waals surface area contributed by atoms with Crippen LogP contribution in [0, 0.1) is 16.3 Å². The lowest BCUT2D eigenvalue weighted by molar-refractivity contribution is 0.0947. The summed E-state index contributed by atoms with van der Waals surface area (Å²) in [5.74, 6) is -0.0856. The van der Waals surface area contributed by atoms with E-state index in [2.05, 4.69) is 53.8 Å². The Labute approximate surface area is 239 Å². The van der Waals surface area contributed by atoms with Crippen molar-refractivity contribution in [3.63, 3.8) is 0 Å². The second-order valence-corrected chi connectivity index (χ2v) is 10.4. The predicted molar refractivity (Wildman–Crippen MR) is 158 cm³/mol. The first-order chi connectivity index (χ1) is 18.8. The van der Waals surface area contributed by atoms with Crippen LogP contribution in [0.1, 0.15) is 39.1 Å². The topological polar surface area (TPSA) is 108 Å². The molecule has 0 saturated heterocycles. The molecule has 3 aromatic carbocycles. The van der Waals surface area contributed by atoms with Crippen molar-refractivity contribution in [1.29, 1.82) is 0 Å². The summed E-state index contributed by atoms with van der Waals surface area (Å²) in [6.45, 7) is 1.89. The Balaban J connectivity index is 1.36. The molecule has 0 bridgehead atoms. The van der Waals surface area contributed by atoms with E-state index >= 15 is 4.39 Å². The molecule has 1 aliphatic rings. The molecule has 1 saturated carbocycles. The largest absolute Gasteiger partial charge is 0.355 e. The number of rotatable bonds is 8. The number of nitrogens with one attached hydrogen (secondary N) is 4. The summed E-state index contributed by atoms with van der Waals surface area (Å²) in [5, 5.41) is 11.8. The lowest BCUT2D eigenvalue weighted by Crippen LogP contribution is -2.26. The number of carbonyl (C=O) groups excluding carboxylic acids is 2. The molecule has 0 unspecified atom stereocenters. The van der Waals surface area contributed by atoms with Crippen LogP contribution in [0.2, 0.25) is 0 Å². The fraction of sp³-hybridized carbons (Fsp3) is 0.172. The van der Waals surface area contributed by atoms with Crippen molar-refractivity contribution < 1.29 is 14.0 Å². The van der Waals surface area contributed by atoms with Crippen LogP contribution < -0.4 is 21.3 Å². The Morgan fingerprint density at radius 1 is 0.974 bits per heavy atom. The van der Waals surface area contributed by atoms with Crippen molar-refractivity contribution in [1.82, 2.24) is 20.6 Å². The van der Waals surface area contributed by atoms with E-state index in [9.17, 15) is 9.59 Å². The Morgan fingerprint density at radius 3 is 2.44 bits per heavy atom. The number of aryl methyl sites for hydroxylation is 1. The van der Waals surface area contributed by atoms with Crippen LogP contribution in [0.25, 0.3) is 11.1 Å². The van der Waals surface area contributed by atoms with Crippen molar-refractivity contribution in [2.75, 3.05) is 17.7 Å². The summed E-state index contributed by atoms with van der Waals surface area (Å²) >= 11 is 2.11. The van der Waals surface area contributed by atoms with Crippen LogP contribution in [0.4, 0.5) is 27.5 Å². The zero-order chi connectivity index (χ0) is 27.5. The van der Waals surface area contributed by atoms with E-state index in [-0.39, 0.29) is 29.5 Å². The average molecular weight is 636 g/mol. The van der Waals surface area contributed by atoms with Crippen molar-refractivity contribution in [2.24, 2.45) is 0 Å². The van der Waals surface area contributed by atoms with E-state index in [0.29, 0.717) is 28.2 Å². The molecule has 0 atom stereocenters. The van der Waals surface area contributed by atoms with Crippen molar-refractivity contribution in [3.05, 3.63) is 92.9 Å². The zero-order valence-electron chi connectivity index (χ0n) is 21.3. The molecule has 10 heteroatoms. The van der Waals surface area contributed by atoms with Gasteiger partial charge >= 0.3 is 0 Å². The molecule has 5 rings (SSSR count). The highest BCUT2D eigenvalue weighted by Gasteiger charge is 2.25. The van der Waals surface area contributed by atoms with Gasteiger partial charge in [0.05, 0.1) is 20.5 Å². The molecule has 0 spiro atoms. The summed E-state index contributed by atoms with van der Waals surface area (Å²) in [7, 11) is 1.57. The average Bonchev–Trinajstić information content (AvgIpc) is 3.76. The fourth-order valence-corrected chi connectivity index (χ4v) is 4.47. The summed E-state index contributed by atoms with van der Waals surface area (Å²) in [4.78, 5) is 33.4. The standard InChI is InChI=1S/C29H26FIN6O2/c1-16-13-25(22(30)14-21(16)17-7-9-18(10-8-17)27(38)32-2)36-29-33-15-23(31)26(37-29)35-24-6-4-3-5-20(24)28(39)34-19-11-12-19/h3-10,13-15,19H,11-12H2,1-2H3,(H,32,38)(H,34,39)(H2,33,35,36,37). The van der Waals surface area contributed by atoms with Gasteiger partial charge in [0.2, 0.25) is 5.95 Å². The van der Waals surface area contributed by atoms with Gasteiger partial charge in [0.25, 0.3) is 11.8 Å². The number of para-hydroxylation sites is 1. The predicted octanol–water partition coefficient (Wildman–Crippen LogP) is 5.93. The van der Waals surface area contributed by atoms with Gasteiger partial charge in [-0.1, -0.05) is 24.3 Å². The molecule has 0 aliphatic heterocycles. The normalized spacial score (nSPS) is 12.5. The minimum absolute atomic E-state index is 0.135. The van der Waals surface area contributed by atoms with Crippen LogP contribution >= 0.6 is 22.6 Å². The van der Waals surface area contributed by atoms with Gasteiger partial charge in [0.15, 0.2) is 0 Å². The molecule has 0 radical (unpaired) electrons. The van der Waals surface area contributed by atoms with Gasteiger partial charge in [-0.15, -0.1) is 0 Å². The quantitative estimate of drug-likeness (QED) is 0.179. The third-order valence-electron chi connectivity index (χ3n) is 6.33. The number of carbonyl (C=O) groups is 2. The molecule has 4 N–H and O–H groups in total. The second-order valence-electron chi connectivity index (χ2n) is 9.24. The van der Waals surface area contributed by atoms with Crippen LogP contribution in [-0.4, -0.2) is 34.9 Å². The van der Waals surface area contributed by atoms with Crippen molar-refractivity contribution in [3.8, 4) is 11.1 Å². The van der Waals surface area contributed by atoms with E-state index in [1.54, 1.807) is 49.6 Å². The Bertz CT molecular complexity index is 1560. The number of anilines is 4. The first kappa shape index (κ1) is 26.5. The molecular formula is C29H26FIN6O2. The van der Waals surface area contributed by atoms with Crippen LogP contribution in [0.5, 0.6) is 0 Å². The number of aromatic nitrogens is 2. The van der Waals surface area contributed by atoms with Gasteiger partial charge in [0, 0.05) is 24.8 Å². The molecule has 1 fully saturated rings. The lowest BCUT2D eigenvalue weighted by atomic mass is 9.98. The highest BCUT2D eigenvalue weighted by Crippen LogP contribution is 2.31. The minimum Gasteiger partial charge on any atom is -0.355 e. The summed E-state index contributed by atoms with van der Waals surface area (Å²) in [6, 6.07) is 17.6. The van der Waals surface area contributed by atoms with Gasteiger partial charge in [-0.3, -0.25) is 9.59 Å². The molecule has 2 amide bonds. The van der Waals surface area contributed by atoms with E-state index in [4.69, 9.17) is 0 Å². The first-order valence-corrected chi connectivity index (χ1v) is 13.5. The maximum absolute atomic E-state index is 15.2. The highest BCUT2D eigenvalue weighted by atomic mass is 127.